The average molecular weight is 583 g/mol. The van der Waals surface area contributed by atoms with Crippen LogP contribution in [-0.2, 0) is 21.4 Å². The molecular weight excluding hydrogens is 552 g/mol. The Morgan fingerprint density at radius 3 is 2.27 bits per heavy atom. The van der Waals surface area contributed by atoms with Gasteiger partial charge in [-0.25, -0.2) is 13.4 Å². The van der Waals surface area contributed by atoms with Gasteiger partial charge in [0.1, 0.15) is 5.75 Å². The van der Waals surface area contributed by atoms with Gasteiger partial charge in [-0.2, -0.15) is 4.31 Å². The molecule has 10 nitrogen and oxygen atoms in total. The van der Waals surface area contributed by atoms with E-state index < -0.39 is 22.5 Å². The van der Waals surface area contributed by atoms with Crippen LogP contribution < -0.4 is 24.8 Å². The second kappa shape index (κ2) is 12.8. The van der Waals surface area contributed by atoms with Gasteiger partial charge >= 0.3 is 0 Å². The maximum atomic E-state index is 13.8. The molecule has 1 aromatic heterocycles. The summed E-state index contributed by atoms with van der Waals surface area (Å²) in [6.45, 7) is -0.465. The van der Waals surface area contributed by atoms with Crippen molar-refractivity contribution in [3.05, 3.63) is 77.7 Å². The topological polar surface area (TPSA) is 119 Å². The molecule has 0 aliphatic rings. The number of thiazole rings is 1. The van der Waals surface area contributed by atoms with Gasteiger partial charge in [-0.05, 0) is 35.9 Å². The minimum absolute atomic E-state index is 0.0201. The maximum Gasteiger partial charge on any atom is 0.243 e. The van der Waals surface area contributed by atoms with Crippen molar-refractivity contribution in [2.24, 2.45) is 0 Å². The van der Waals surface area contributed by atoms with Gasteiger partial charge < -0.3 is 24.8 Å². The number of methoxy groups -OCH3 is 3. The van der Waals surface area contributed by atoms with Crippen LogP contribution in [0.3, 0.4) is 0 Å². The molecule has 210 valence electrons. The monoisotopic (exact) mass is 582 g/mol. The number of carbonyl (C=O) groups excluding carboxylic acids is 1. The average Bonchev–Trinajstić information content (AvgIpc) is 3.46. The summed E-state index contributed by atoms with van der Waals surface area (Å²) in [5, 5.41) is 8.48. The zero-order valence-electron chi connectivity index (χ0n) is 22.5. The SMILES string of the molecule is CNc1nc(-c2ccc(OC)c(NC(=O)CN(Cc3ccccc3)S(=O)(=O)c3ccc(OC)c(OC)c3)c2)cs1. The molecule has 1 heterocycles. The Morgan fingerprint density at radius 1 is 0.925 bits per heavy atom. The van der Waals surface area contributed by atoms with Crippen LogP contribution in [-0.4, -0.2) is 58.5 Å². The number of ether oxygens (including phenoxy) is 3. The summed E-state index contributed by atoms with van der Waals surface area (Å²) in [6, 6.07) is 18.7. The molecule has 1 amide bonds. The summed E-state index contributed by atoms with van der Waals surface area (Å²) in [4.78, 5) is 17.8. The Morgan fingerprint density at radius 2 is 1.62 bits per heavy atom. The summed E-state index contributed by atoms with van der Waals surface area (Å²) in [5.41, 5.74) is 2.62. The zero-order chi connectivity index (χ0) is 28.7. The number of benzene rings is 3. The molecule has 0 bridgehead atoms. The van der Waals surface area contributed by atoms with Crippen molar-refractivity contribution in [2.45, 2.75) is 11.4 Å². The van der Waals surface area contributed by atoms with Crippen molar-refractivity contribution in [2.75, 3.05) is 45.6 Å². The summed E-state index contributed by atoms with van der Waals surface area (Å²) in [6.07, 6.45) is 0. The number of rotatable bonds is 12. The van der Waals surface area contributed by atoms with Gasteiger partial charge in [0.15, 0.2) is 16.6 Å². The van der Waals surface area contributed by atoms with E-state index in [0.717, 1.165) is 26.3 Å². The first kappa shape index (κ1) is 28.9. The Labute approximate surface area is 237 Å². The van der Waals surface area contributed by atoms with Gasteiger partial charge in [-0.15, -0.1) is 11.3 Å². The summed E-state index contributed by atoms with van der Waals surface area (Å²) in [7, 11) is 2.06. The third kappa shape index (κ3) is 6.53. The number of nitrogens with one attached hydrogen (secondary N) is 2. The molecule has 0 saturated heterocycles. The molecule has 0 spiro atoms. The standard InChI is InChI=1S/C28H30N4O6S2/c1-29-28-31-23(18-39-28)20-10-12-24(36-2)22(14-20)30-27(33)17-32(16-19-8-6-5-7-9-19)40(34,35)21-11-13-25(37-3)26(15-21)38-4/h5-15,18H,16-17H2,1-4H3,(H,29,31)(H,30,33). The number of amides is 1. The highest BCUT2D eigenvalue weighted by molar-refractivity contribution is 7.89. The fourth-order valence-electron chi connectivity index (χ4n) is 3.98. The predicted molar refractivity (Wildman–Crippen MR) is 156 cm³/mol. The zero-order valence-corrected chi connectivity index (χ0v) is 24.1. The fraction of sp³-hybridized carbons (Fsp3) is 0.214. The number of aromatic nitrogens is 1. The molecule has 0 radical (unpaired) electrons. The van der Waals surface area contributed by atoms with Gasteiger partial charge in [0.05, 0.1) is 44.2 Å². The minimum Gasteiger partial charge on any atom is -0.495 e. The van der Waals surface area contributed by atoms with E-state index in [1.807, 2.05) is 29.6 Å². The van der Waals surface area contributed by atoms with Crippen LogP contribution in [0.5, 0.6) is 17.2 Å². The van der Waals surface area contributed by atoms with Crippen molar-refractivity contribution in [3.8, 4) is 28.5 Å². The summed E-state index contributed by atoms with van der Waals surface area (Å²) < 4.78 is 44.7. The Hall–Kier alpha value is -4.13. The van der Waals surface area contributed by atoms with E-state index in [-0.39, 0.29) is 17.2 Å². The highest BCUT2D eigenvalue weighted by Gasteiger charge is 2.28. The minimum atomic E-state index is -4.12. The van der Waals surface area contributed by atoms with Gasteiger partial charge in [0.25, 0.3) is 0 Å². The van der Waals surface area contributed by atoms with Crippen LogP contribution in [0.4, 0.5) is 10.8 Å². The van der Waals surface area contributed by atoms with Crippen LogP contribution in [0.2, 0.25) is 0 Å². The molecule has 0 unspecified atom stereocenters. The lowest BCUT2D eigenvalue weighted by molar-refractivity contribution is -0.116. The normalized spacial score (nSPS) is 11.2. The lowest BCUT2D eigenvalue weighted by atomic mass is 10.1. The van der Waals surface area contributed by atoms with Crippen molar-refractivity contribution in [3.63, 3.8) is 0 Å². The highest BCUT2D eigenvalue weighted by atomic mass is 32.2. The first-order valence-corrected chi connectivity index (χ1v) is 14.5. The van der Waals surface area contributed by atoms with Crippen LogP contribution >= 0.6 is 11.3 Å². The van der Waals surface area contributed by atoms with E-state index in [0.29, 0.717) is 17.2 Å². The lowest BCUT2D eigenvalue weighted by Gasteiger charge is -2.23. The number of carbonyl (C=O) groups is 1. The number of sulfonamides is 1. The van der Waals surface area contributed by atoms with E-state index in [1.54, 1.807) is 31.3 Å². The maximum absolute atomic E-state index is 13.8. The van der Waals surface area contributed by atoms with Crippen molar-refractivity contribution in [1.82, 2.24) is 9.29 Å². The number of anilines is 2. The molecule has 0 fully saturated rings. The fourth-order valence-corrected chi connectivity index (χ4v) is 6.06. The van der Waals surface area contributed by atoms with Gasteiger partial charge in [0.2, 0.25) is 15.9 Å². The van der Waals surface area contributed by atoms with Crippen molar-refractivity contribution >= 4 is 38.1 Å². The molecule has 3 aromatic carbocycles. The first-order valence-electron chi connectivity index (χ1n) is 12.2. The molecule has 4 aromatic rings. The van der Waals surface area contributed by atoms with E-state index in [4.69, 9.17) is 14.2 Å². The van der Waals surface area contributed by atoms with Gasteiger partial charge in [-0.3, -0.25) is 4.79 Å². The summed E-state index contributed by atoms with van der Waals surface area (Å²) >= 11 is 1.46. The Bertz CT molecular complexity index is 1570. The third-order valence-electron chi connectivity index (χ3n) is 6.00. The molecule has 0 aliphatic carbocycles. The number of hydrogen-bond donors (Lipinski definition) is 2. The van der Waals surface area contributed by atoms with E-state index in [9.17, 15) is 13.2 Å². The van der Waals surface area contributed by atoms with Crippen molar-refractivity contribution in [1.29, 1.82) is 0 Å². The van der Waals surface area contributed by atoms with E-state index >= 15 is 0 Å². The van der Waals surface area contributed by atoms with Crippen molar-refractivity contribution < 1.29 is 27.4 Å². The second-order valence-corrected chi connectivity index (χ2v) is 11.3. The quantitative estimate of drug-likeness (QED) is 0.247. The molecule has 0 atom stereocenters. The first-order chi connectivity index (χ1) is 19.3. The third-order valence-corrected chi connectivity index (χ3v) is 8.65. The van der Waals surface area contributed by atoms with E-state index in [1.165, 1.54) is 50.9 Å². The van der Waals surface area contributed by atoms with Crippen LogP contribution in [0.25, 0.3) is 11.3 Å². The molecule has 0 aliphatic heterocycles. The lowest BCUT2D eigenvalue weighted by Crippen LogP contribution is -2.37. The molecule has 4 rings (SSSR count). The second-order valence-electron chi connectivity index (χ2n) is 8.53. The van der Waals surface area contributed by atoms with Gasteiger partial charge in [0, 0.05) is 30.6 Å². The Balaban J connectivity index is 1.64. The van der Waals surface area contributed by atoms with Crippen LogP contribution in [0.1, 0.15) is 5.56 Å². The molecular formula is C28H30N4O6S2. The van der Waals surface area contributed by atoms with Crippen LogP contribution in [0.15, 0.2) is 77.0 Å². The number of nitrogens with zero attached hydrogens (tertiary/aromatic N) is 2. The number of hydrogen-bond acceptors (Lipinski definition) is 9. The Kier molecular flexibility index (Phi) is 9.25. The highest BCUT2D eigenvalue weighted by Crippen LogP contribution is 2.33. The smallest absolute Gasteiger partial charge is 0.243 e. The van der Waals surface area contributed by atoms with Gasteiger partial charge in [-0.1, -0.05) is 30.3 Å². The molecule has 0 saturated carbocycles. The largest absolute Gasteiger partial charge is 0.495 e. The molecule has 2 N–H and O–H groups in total. The van der Waals surface area contributed by atoms with E-state index in [2.05, 4.69) is 15.6 Å². The molecule has 40 heavy (non-hydrogen) atoms. The molecule has 12 heteroatoms. The van der Waals surface area contributed by atoms with Crippen LogP contribution in [0, 0.1) is 0 Å². The predicted octanol–water partition coefficient (Wildman–Crippen LogP) is 4.71. The summed E-state index contributed by atoms with van der Waals surface area (Å²) in [5.74, 6) is 0.545.